The van der Waals surface area contributed by atoms with Gasteiger partial charge >= 0.3 is 0 Å². The molecule has 1 saturated heterocycles. The zero-order valence-corrected chi connectivity index (χ0v) is 23.7. The first kappa shape index (κ1) is 30.8. The summed E-state index contributed by atoms with van der Waals surface area (Å²) in [6.45, 7) is 1.24. The number of nitrogens with zero attached hydrogens (tertiary/aromatic N) is 4. The van der Waals surface area contributed by atoms with E-state index in [4.69, 9.17) is 9.47 Å². The van der Waals surface area contributed by atoms with Gasteiger partial charge in [-0.25, -0.2) is 22.2 Å². The average Bonchev–Trinajstić information content (AvgIpc) is 3.45. The average molecular weight is 613 g/mol. The van der Waals surface area contributed by atoms with Gasteiger partial charge in [0.15, 0.2) is 11.6 Å². The maximum absolute atomic E-state index is 14.1. The van der Waals surface area contributed by atoms with Crippen LogP contribution in [0.3, 0.4) is 0 Å². The normalized spacial score (nSPS) is 28.0. The summed E-state index contributed by atoms with van der Waals surface area (Å²) in [6.07, 6.45) is -1.70. The van der Waals surface area contributed by atoms with Crippen LogP contribution in [0.2, 0.25) is 0 Å². The molecule has 0 radical (unpaired) electrons. The minimum atomic E-state index is -2.88. The molecule has 3 N–H and O–H groups in total. The lowest BCUT2D eigenvalue weighted by Crippen LogP contribution is -2.56. The molecule has 1 aliphatic carbocycles. The van der Waals surface area contributed by atoms with Gasteiger partial charge in [0.05, 0.1) is 29.3 Å². The third-order valence-corrected chi connectivity index (χ3v) is 9.61. The largest absolute Gasteiger partial charge is 0.394 e. The van der Waals surface area contributed by atoms with Crippen molar-refractivity contribution in [3.63, 3.8) is 0 Å². The van der Waals surface area contributed by atoms with Gasteiger partial charge in [0, 0.05) is 31.7 Å². The van der Waals surface area contributed by atoms with Gasteiger partial charge < -0.3 is 24.8 Å². The molecule has 1 aromatic carbocycles. The highest BCUT2D eigenvalue weighted by Gasteiger charge is 2.53. The van der Waals surface area contributed by atoms with Crippen LogP contribution in [0.1, 0.15) is 48.2 Å². The Morgan fingerprint density at radius 2 is 1.90 bits per heavy atom. The molecule has 228 valence electrons. The second kappa shape index (κ2) is 12.2. The van der Waals surface area contributed by atoms with E-state index in [0.29, 0.717) is 5.69 Å². The highest BCUT2D eigenvalue weighted by molar-refractivity contribution is 8.00. The third-order valence-electron chi connectivity index (χ3n) is 8.03. The Morgan fingerprint density at radius 1 is 1.17 bits per heavy atom. The van der Waals surface area contributed by atoms with E-state index in [2.05, 4.69) is 15.3 Å². The van der Waals surface area contributed by atoms with Crippen molar-refractivity contribution in [2.75, 3.05) is 13.7 Å². The SMILES string of the molecule is CO[C@@H]1[C@@H](n2cc(-c3ccc(F)c(F)c3)nn2)[C@@H](O)[C@@H](CO)O[C@H]1S[C@H](c1ncccc1C)C1(O)CCC(F)(F)CC1. The van der Waals surface area contributed by atoms with Crippen molar-refractivity contribution in [3.05, 3.63) is 65.6 Å². The van der Waals surface area contributed by atoms with Crippen molar-refractivity contribution >= 4 is 11.8 Å². The zero-order valence-electron chi connectivity index (χ0n) is 22.9. The summed E-state index contributed by atoms with van der Waals surface area (Å²) < 4.78 is 68.8. The molecule has 2 fully saturated rings. The van der Waals surface area contributed by atoms with Gasteiger partial charge in [0.1, 0.15) is 35.5 Å². The van der Waals surface area contributed by atoms with Gasteiger partial charge in [-0.3, -0.25) is 4.98 Å². The summed E-state index contributed by atoms with van der Waals surface area (Å²) in [5.74, 6) is -4.96. The maximum atomic E-state index is 14.1. The predicted molar refractivity (Wildman–Crippen MR) is 145 cm³/mol. The molecule has 2 aromatic heterocycles. The van der Waals surface area contributed by atoms with Crippen molar-refractivity contribution in [2.45, 2.75) is 79.2 Å². The van der Waals surface area contributed by atoms with Gasteiger partial charge in [-0.1, -0.05) is 11.3 Å². The zero-order chi connectivity index (χ0) is 30.2. The van der Waals surface area contributed by atoms with Crippen LogP contribution >= 0.6 is 11.8 Å². The Bertz CT molecular complexity index is 1390. The van der Waals surface area contributed by atoms with Crippen molar-refractivity contribution < 1.29 is 42.4 Å². The Labute approximate surface area is 243 Å². The number of methoxy groups -OCH3 is 1. The van der Waals surface area contributed by atoms with Crippen LogP contribution < -0.4 is 0 Å². The van der Waals surface area contributed by atoms with E-state index < -0.39 is 77.6 Å². The number of hydrogen-bond acceptors (Lipinski definition) is 9. The number of aromatic nitrogens is 4. The van der Waals surface area contributed by atoms with Gasteiger partial charge in [0.25, 0.3) is 0 Å². The number of aryl methyl sites for hydroxylation is 1. The van der Waals surface area contributed by atoms with Crippen LogP contribution in [0.25, 0.3) is 11.3 Å². The molecule has 5 rings (SSSR count). The van der Waals surface area contributed by atoms with E-state index in [0.717, 1.165) is 29.5 Å². The summed E-state index contributed by atoms with van der Waals surface area (Å²) in [6, 6.07) is 5.85. The van der Waals surface area contributed by atoms with Crippen molar-refractivity contribution in [1.29, 1.82) is 0 Å². The Balaban J connectivity index is 1.50. The molecule has 42 heavy (non-hydrogen) atoms. The van der Waals surface area contributed by atoms with E-state index in [-0.39, 0.29) is 24.1 Å². The van der Waals surface area contributed by atoms with Crippen molar-refractivity contribution in [3.8, 4) is 11.3 Å². The number of aliphatic hydroxyl groups is 3. The van der Waals surface area contributed by atoms with Gasteiger partial charge in [-0.15, -0.1) is 16.9 Å². The van der Waals surface area contributed by atoms with Crippen LogP contribution in [-0.2, 0) is 9.47 Å². The summed E-state index contributed by atoms with van der Waals surface area (Å²) in [7, 11) is 1.39. The minimum absolute atomic E-state index is 0.172. The fourth-order valence-electron chi connectivity index (χ4n) is 5.60. The first-order valence-corrected chi connectivity index (χ1v) is 14.4. The molecule has 0 unspecified atom stereocenters. The monoisotopic (exact) mass is 612 g/mol. The van der Waals surface area contributed by atoms with E-state index in [1.54, 1.807) is 12.3 Å². The van der Waals surface area contributed by atoms with E-state index in [9.17, 15) is 32.9 Å². The van der Waals surface area contributed by atoms with Crippen LogP contribution in [0.5, 0.6) is 0 Å². The number of thioether (sulfide) groups is 1. The number of rotatable bonds is 8. The molecule has 0 amide bonds. The summed E-state index contributed by atoms with van der Waals surface area (Å²) in [5.41, 5.74) is -0.796. The molecule has 2 aliphatic rings. The lowest BCUT2D eigenvalue weighted by atomic mass is 9.79. The fraction of sp³-hybridized carbons (Fsp3) is 0.536. The number of benzene rings is 1. The van der Waals surface area contributed by atoms with Gasteiger partial charge in [-0.05, 0) is 49.6 Å². The molecule has 9 nitrogen and oxygen atoms in total. The smallest absolute Gasteiger partial charge is 0.248 e. The molecule has 0 spiro atoms. The van der Waals surface area contributed by atoms with Crippen LogP contribution in [0, 0.1) is 18.6 Å². The Hall–Kier alpha value is -2.62. The number of ether oxygens (including phenoxy) is 2. The summed E-state index contributed by atoms with van der Waals surface area (Å²) in [4.78, 5) is 4.48. The van der Waals surface area contributed by atoms with Crippen LogP contribution in [-0.4, -0.2) is 84.3 Å². The molecule has 1 saturated carbocycles. The number of pyridine rings is 1. The van der Waals surface area contributed by atoms with Crippen LogP contribution in [0.4, 0.5) is 17.6 Å². The standard InChI is InChI=1S/C28H32F4N4O5S/c1-15-4-3-11-33-21(15)25(27(39)7-9-28(31,32)10-8-27)42-26-24(40-2)22(23(38)20(14-37)41-26)36-13-19(34-35-36)16-5-6-17(29)18(30)12-16/h3-6,11-13,20,22-26,37-39H,7-10,14H2,1-2H3/t20-,22+,23+,24-,25-,26+/m1/s1. The Kier molecular flexibility index (Phi) is 8.93. The molecule has 6 atom stereocenters. The summed E-state index contributed by atoms with van der Waals surface area (Å²) in [5, 5.41) is 40.4. The predicted octanol–water partition coefficient (Wildman–Crippen LogP) is 3.98. The topological polar surface area (TPSA) is 123 Å². The fourth-order valence-corrected chi connectivity index (χ4v) is 7.36. The maximum Gasteiger partial charge on any atom is 0.248 e. The number of aliphatic hydroxyl groups excluding tert-OH is 2. The van der Waals surface area contributed by atoms with E-state index >= 15 is 0 Å². The number of halogens is 4. The van der Waals surface area contributed by atoms with Crippen LogP contribution in [0.15, 0.2) is 42.7 Å². The lowest BCUT2D eigenvalue weighted by Gasteiger charge is -2.47. The van der Waals surface area contributed by atoms with Crippen molar-refractivity contribution in [1.82, 2.24) is 20.0 Å². The highest BCUT2D eigenvalue weighted by atomic mass is 32.2. The second-order valence-electron chi connectivity index (χ2n) is 10.8. The first-order chi connectivity index (χ1) is 20.0. The van der Waals surface area contributed by atoms with Gasteiger partial charge in [0.2, 0.25) is 5.92 Å². The number of alkyl halides is 2. The third kappa shape index (κ3) is 6.06. The Morgan fingerprint density at radius 3 is 2.55 bits per heavy atom. The molecule has 0 bridgehead atoms. The molecule has 1 aliphatic heterocycles. The summed E-state index contributed by atoms with van der Waals surface area (Å²) >= 11 is 1.12. The van der Waals surface area contributed by atoms with Crippen molar-refractivity contribution in [2.24, 2.45) is 0 Å². The minimum Gasteiger partial charge on any atom is -0.394 e. The van der Waals surface area contributed by atoms with E-state index in [1.807, 2.05) is 13.0 Å². The first-order valence-electron chi connectivity index (χ1n) is 13.5. The quantitative estimate of drug-likeness (QED) is 0.324. The van der Waals surface area contributed by atoms with E-state index in [1.165, 1.54) is 24.1 Å². The molecule has 3 aromatic rings. The molecule has 3 heterocycles. The lowest BCUT2D eigenvalue weighted by molar-refractivity contribution is -0.186. The molecule has 14 heteroatoms. The number of hydrogen-bond donors (Lipinski definition) is 3. The van der Waals surface area contributed by atoms with Gasteiger partial charge in [-0.2, -0.15) is 0 Å². The molecular weight excluding hydrogens is 580 g/mol. The highest BCUT2D eigenvalue weighted by Crippen LogP contribution is 2.53. The molecular formula is C28H32F4N4O5S. The second-order valence-corrected chi connectivity index (χ2v) is 12.0.